The molecule has 4 heteroatoms. The number of nitrogens with zero attached hydrogens (tertiary/aromatic N) is 1. The average molecular weight is 160 g/mol. The molecule has 0 aromatic rings. The molecule has 1 fully saturated rings. The third kappa shape index (κ3) is 1.82. The molecule has 0 spiro atoms. The van der Waals surface area contributed by atoms with Crippen molar-refractivity contribution in [3.63, 3.8) is 0 Å². The number of thiocarbonyl (C=S) groups is 1. The van der Waals surface area contributed by atoms with Gasteiger partial charge in [-0.05, 0) is 19.1 Å². The van der Waals surface area contributed by atoms with E-state index in [1.807, 2.05) is 11.8 Å². The minimum Gasteiger partial charge on any atom is -0.376 e. The molecule has 1 aliphatic rings. The summed E-state index contributed by atoms with van der Waals surface area (Å²) in [4.78, 5) is 1.96. The van der Waals surface area contributed by atoms with Crippen LogP contribution in [0.5, 0.6) is 0 Å². The summed E-state index contributed by atoms with van der Waals surface area (Å²) >= 11 is 4.82. The molecule has 0 unspecified atom stereocenters. The van der Waals surface area contributed by atoms with Gasteiger partial charge in [0.05, 0.1) is 12.7 Å². The molecule has 3 nitrogen and oxygen atoms in total. The fourth-order valence-corrected chi connectivity index (χ4v) is 1.18. The molecule has 1 aliphatic heterocycles. The minimum absolute atomic E-state index is 0.259. The van der Waals surface area contributed by atoms with E-state index in [4.69, 9.17) is 22.7 Å². The molecule has 0 radical (unpaired) electrons. The van der Waals surface area contributed by atoms with Crippen LogP contribution in [-0.2, 0) is 4.74 Å². The Morgan fingerprint density at radius 3 is 2.90 bits per heavy atom. The summed E-state index contributed by atoms with van der Waals surface area (Å²) in [6.07, 6.45) is 0.259. The average Bonchev–Trinajstić information content (AvgIpc) is 1.88. The smallest absolute Gasteiger partial charge is 0.166 e. The second-order valence-corrected chi connectivity index (χ2v) is 2.88. The van der Waals surface area contributed by atoms with Crippen molar-refractivity contribution in [2.24, 2.45) is 5.73 Å². The maximum Gasteiger partial charge on any atom is 0.166 e. The molecule has 1 atom stereocenters. The number of rotatable bonds is 0. The van der Waals surface area contributed by atoms with Gasteiger partial charge in [-0.2, -0.15) is 0 Å². The van der Waals surface area contributed by atoms with Crippen LogP contribution in [0.1, 0.15) is 6.92 Å². The molecule has 0 aromatic carbocycles. The van der Waals surface area contributed by atoms with E-state index in [0.717, 1.165) is 19.7 Å². The van der Waals surface area contributed by atoms with Crippen molar-refractivity contribution in [2.45, 2.75) is 13.0 Å². The first-order valence-corrected chi connectivity index (χ1v) is 3.77. The van der Waals surface area contributed by atoms with Gasteiger partial charge in [0.1, 0.15) is 0 Å². The fourth-order valence-electron chi connectivity index (χ4n) is 1.02. The van der Waals surface area contributed by atoms with Gasteiger partial charge in [-0.25, -0.2) is 0 Å². The predicted molar refractivity (Wildman–Crippen MR) is 43.8 cm³/mol. The van der Waals surface area contributed by atoms with Crippen LogP contribution in [0.4, 0.5) is 0 Å². The number of ether oxygens (including phenoxy) is 1. The normalized spacial score (nSPS) is 26.5. The summed E-state index contributed by atoms with van der Waals surface area (Å²) < 4.78 is 5.30. The van der Waals surface area contributed by atoms with E-state index in [9.17, 15) is 0 Å². The molecule has 1 heterocycles. The van der Waals surface area contributed by atoms with Crippen molar-refractivity contribution < 1.29 is 4.74 Å². The second kappa shape index (κ2) is 3.16. The molecular formula is C6H12N2OS. The molecule has 0 aliphatic carbocycles. The van der Waals surface area contributed by atoms with Crippen LogP contribution in [-0.4, -0.2) is 35.8 Å². The highest BCUT2D eigenvalue weighted by Gasteiger charge is 2.16. The monoisotopic (exact) mass is 160 g/mol. The molecule has 0 amide bonds. The van der Waals surface area contributed by atoms with Crippen LogP contribution in [0.15, 0.2) is 0 Å². The van der Waals surface area contributed by atoms with Gasteiger partial charge >= 0.3 is 0 Å². The van der Waals surface area contributed by atoms with Crippen LogP contribution >= 0.6 is 12.2 Å². The SMILES string of the molecule is C[C@H]1CN(C(N)=S)CCO1. The summed E-state index contributed by atoms with van der Waals surface area (Å²) in [7, 11) is 0. The first kappa shape index (κ1) is 7.75. The zero-order valence-electron chi connectivity index (χ0n) is 6.04. The Morgan fingerprint density at radius 1 is 1.80 bits per heavy atom. The number of hydrogen-bond donors (Lipinski definition) is 1. The first-order chi connectivity index (χ1) is 4.70. The van der Waals surface area contributed by atoms with Crippen molar-refractivity contribution in [2.75, 3.05) is 19.7 Å². The van der Waals surface area contributed by atoms with Gasteiger partial charge < -0.3 is 15.4 Å². The lowest BCUT2D eigenvalue weighted by Crippen LogP contribution is -2.46. The third-order valence-electron chi connectivity index (χ3n) is 1.55. The number of hydrogen-bond acceptors (Lipinski definition) is 2. The largest absolute Gasteiger partial charge is 0.376 e. The van der Waals surface area contributed by atoms with E-state index >= 15 is 0 Å². The highest BCUT2D eigenvalue weighted by molar-refractivity contribution is 7.80. The third-order valence-corrected chi connectivity index (χ3v) is 1.81. The summed E-state index contributed by atoms with van der Waals surface area (Å²) in [6, 6.07) is 0. The van der Waals surface area contributed by atoms with E-state index in [2.05, 4.69) is 0 Å². The van der Waals surface area contributed by atoms with Crippen LogP contribution < -0.4 is 5.73 Å². The van der Waals surface area contributed by atoms with Crippen LogP contribution in [0, 0.1) is 0 Å². The molecule has 1 saturated heterocycles. The maximum atomic E-state index is 5.43. The molecule has 0 aromatic heterocycles. The molecule has 0 saturated carbocycles. The highest BCUT2D eigenvalue weighted by atomic mass is 32.1. The van der Waals surface area contributed by atoms with E-state index in [-0.39, 0.29) is 6.10 Å². The zero-order valence-corrected chi connectivity index (χ0v) is 6.86. The fraction of sp³-hybridized carbons (Fsp3) is 0.833. The lowest BCUT2D eigenvalue weighted by atomic mass is 10.3. The van der Waals surface area contributed by atoms with Gasteiger partial charge in [-0.15, -0.1) is 0 Å². The van der Waals surface area contributed by atoms with E-state index in [1.165, 1.54) is 0 Å². The van der Waals surface area contributed by atoms with Gasteiger partial charge in [0.25, 0.3) is 0 Å². The molecule has 58 valence electrons. The molecule has 2 N–H and O–H groups in total. The molecular weight excluding hydrogens is 148 g/mol. The Morgan fingerprint density at radius 2 is 2.50 bits per heavy atom. The number of nitrogens with two attached hydrogens (primary N) is 1. The van der Waals surface area contributed by atoms with Crippen molar-refractivity contribution in [1.82, 2.24) is 4.90 Å². The molecule has 0 bridgehead atoms. The van der Waals surface area contributed by atoms with Crippen LogP contribution in [0.25, 0.3) is 0 Å². The highest BCUT2D eigenvalue weighted by Crippen LogP contribution is 2.02. The van der Waals surface area contributed by atoms with Crippen molar-refractivity contribution >= 4 is 17.3 Å². The van der Waals surface area contributed by atoms with Crippen molar-refractivity contribution in [1.29, 1.82) is 0 Å². The van der Waals surface area contributed by atoms with Gasteiger partial charge in [0.15, 0.2) is 5.11 Å². The van der Waals surface area contributed by atoms with Gasteiger partial charge in [-0.1, -0.05) is 0 Å². The van der Waals surface area contributed by atoms with E-state index in [0.29, 0.717) is 5.11 Å². The lowest BCUT2D eigenvalue weighted by Gasteiger charge is -2.31. The summed E-state index contributed by atoms with van der Waals surface area (Å²) in [5.74, 6) is 0. The minimum atomic E-state index is 0.259. The van der Waals surface area contributed by atoms with Gasteiger partial charge in [0, 0.05) is 13.1 Å². The van der Waals surface area contributed by atoms with Crippen molar-refractivity contribution in [3.8, 4) is 0 Å². The summed E-state index contributed by atoms with van der Waals surface area (Å²) in [5.41, 5.74) is 5.43. The van der Waals surface area contributed by atoms with Gasteiger partial charge in [-0.3, -0.25) is 0 Å². The van der Waals surface area contributed by atoms with Gasteiger partial charge in [0.2, 0.25) is 0 Å². The van der Waals surface area contributed by atoms with E-state index in [1.54, 1.807) is 0 Å². The first-order valence-electron chi connectivity index (χ1n) is 3.36. The second-order valence-electron chi connectivity index (χ2n) is 2.47. The predicted octanol–water partition coefficient (Wildman–Crippen LogP) is -0.0493. The Balaban J connectivity index is 2.39. The zero-order chi connectivity index (χ0) is 7.56. The van der Waals surface area contributed by atoms with E-state index < -0.39 is 0 Å². The van der Waals surface area contributed by atoms with Crippen LogP contribution in [0.2, 0.25) is 0 Å². The Bertz CT molecular complexity index is 140. The summed E-state index contributed by atoms with van der Waals surface area (Å²) in [6.45, 7) is 4.41. The quantitative estimate of drug-likeness (QED) is 0.504. The molecule has 1 rings (SSSR count). The Hall–Kier alpha value is -0.350. The lowest BCUT2D eigenvalue weighted by molar-refractivity contribution is 0.00621. The Kier molecular flexibility index (Phi) is 2.45. The van der Waals surface area contributed by atoms with Crippen LogP contribution in [0.3, 0.4) is 0 Å². The molecule has 10 heavy (non-hydrogen) atoms. The number of morpholine rings is 1. The maximum absolute atomic E-state index is 5.43. The Labute approximate surface area is 66.1 Å². The summed E-state index contributed by atoms with van der Waals surface area (Å²) in [5, 5.41) is 0.482. The van der Waals surface area contributed by atoms with Crippen molar-refractivity contribution in [3.05, 3.63) is 0 Å². The topological polar surface area (TPSA) is 38.5 Å². The standard InChI is InChI=1S/C6H12N2OS/c1-5-4-8(6(7)10)2-3-9-5/h5H,2-4H2,1H3,(H2,7,10)/t5-/m0/s1.